The zero-order chi connectivity index (χ0) is 16.1. The maximum absolute atomic E-state index is 10.1. The van der Waals surface area contributed by atoms with Gasteiger partial charge in [0.2, 0.25) is 5.82 Å². The van der Waals surface area contributed by atoms with E-state index in [9.17, 15) is 5.11 Å². The van der Waals surface area contributed by atoms with E-state index in [-0.39, 0.29) is 13.2 Å². The van der Waals surface area contributed by atoms with E-state index in [2.05, 4.69) is 15.4 Å². The minimum Gasteiger partial charge on any atom is -0.491 e. The van der Waals surface area contributed by atoms with Crippen LogP contribution in [0.3, 0.4) is 0 Å². The van der Waals surface area contributed by atoms with Crippen LogP contribution in [-0.2, 0) is 6.54 Å². The number of aryl methyl sites for hydroxylation is 1. The normalized spacial score (nSPS) is 12.1. The third-order valence-electron chi connectivity index (χ3n) is 3.29. The summed E-state index contributed by atoms with van der Waals surface area (Å²) in [5.41, 5.74) is 2.01. The summed E-state index contributed by atoms with van der Waals surface area (Å²) < 4.78 is 5.57. The predicted octanol–water partition coefficient (Wildman–Crippen LogP) is 2.09. The summed E-state index contributed by atoms with van der Waals surface area (Å²) in [4.78, 5) is 1.38. The topological polar surface area (TPSA) is 73.1 Å². The van der Waals surface area contributed by atoms with Crippen molar-refractivity contribution < 1.29 is 9.84 Å². The highest BCUT2D eigenvalue weighted by Crippen LogP contribution is 2.13. The fourth-order valence-electron chi connectivity index (χ4n) is 2.16. The van der Waals surface area contributed by atoms with Crippen LogP contribution in [0.4, 0.5) is 0 Å². The molecule has 1 N–H and O–H groups in total. The Morgan fingerprint density at radius 3 is 2.74 bits per heavy atom. The Hall–Kier alpha value is -2.73. The smallest absolute Gasteiger partial charge is 0.204 e. The molecule has 0 saturated carbocycles. The van der Waals surface area contributed by atoms with Crippen LogP contribution in [-0.4, -0.2) is 38.0 Å². The monoisotopic (exact) mass is 310 g/mol. The molecule has 2 aromatic carbocycles. The van der Waals surface area contributed by atoms with Crippen LogP contribution in [0.5, 0.6) is 5.75 Å². The second-order valence-corrected chi connectivity index (χ2v) is 5.32. The van der Waals surface area contributed by atoms with Crippen molar-refractivity contribution in [3.63, 3.8) is 0 Å². The molecule has 0 amide bonds. The standard InChI is InChI=1S/C17H18N4O2/c1-13-6-5-9-16(10-13)23-12-15(22)11-21-19-17(18-20-21)14-7-3-2-4-8-14/h2-10,15,22H,11-12H2,1H3. The number of aromatic nitrogens is 4. The van der Waals surface area contributed by atoms with Gasteiger partial charge in [-0.15, -0.1) is 10.2 Å². The zero-order valence-electron chi connectivity index (χ0n) is 12.8. The molecular formula is C17H18N4O2. The number of tetrazole rings is 1. The summed E-state index contributed by atoms with van der Waals surface area (Å²) in [6.45, 7) is 2.39. The molecule has 23 heavy (non-hydrogen) atoms. The Bertz CT molecular complexity index is 758. The Morgan fingerprint density at radius 2 is 1.96 bits per heavy atom. The first kappa shape index (κ1) is 15.2. The third-order valence-corrected chi connectivity index (χ3v) is 3.29. The zero-order valence-corrected chi connectivity index (χ0v) is 12.8. The van der Waals surface area contributed by atoms with Crippen LogP contribution < -0.4 is 4.74 Å². The van der Waals surface area contributed by atoms with Crippen molar-refractivity contribution in [3.05, 3.63) is 60.2 Å². The molecule has 0 aliphatic carbocycles. The van der Waals surface area contributed by atoms with Crippen molar-refractivity contribution in [2.75, 3.05) is 6.61 Å². The fraction of sp³-hybridized carbons (Fsp3) is 0.235. The molecule has 1 atom stereocenters. The van der Waals surface area contributed by atoms with Gasteiger partial charge in [0.25, 0.3) is 0 Å². The van der Waals surface area contributed by atoms with Crippen LogP contribution in [0.2, 0.25) is 0 Å². The third kappa shape index (κ3) is 4.14. The number of hydrogen-bond acceptors (Lipinski definition) is 5. The molecule has 118 valence electrons. The van der Waals surface area contributed by atoms with E-state index in [0.29, 0.717) is 5.82 Å². The number of aliphatic hydroxyl groups excluding tert-OH is 1. The Labute approximate surface area is 134 Å². The van der Waals surface area contributed by atoms with Crippen molar-refractivity contribution in [2.24, 2.45) is 0 Å². The Kier molecular flexibility index (Phi) is 4.63. The van der Waals surface area contributed by atoms with Crippen LogP contribution in [0.15, 0.2) is 54.6 Å². The molecule has 0 aliphatic rings. The van der Waals surface area contributed by atoms with Gasteiger partial charge in [-0.25, -0.2) is 0 Å². The van der Waals surface area contributed by atoms with E-state index in [4.69, 9.17) is 4.74 Å². The summed E-state index contributed by atoms with van der Waals surface area (Å²) in [7, 11) is 0. The summed E-state index contributed by atoms with van der Waals surface area (Å²) in [5, 5.41) is 22.3. The number of nitrogens with zero attached hydrogens (tertiary/aromatic N) is 4. The van der Waals surface area contributed by atoms with Crippen LogP contribution >= 0.6 is 0 Å². The minimum atomic E-state index is -0.715. The number of ether oxygens (including phenoxy) is 1. The highest BCUT2D eigenvalue weighted by Gasteiger charge is 2.11. The van der Waals surface area contributed by atoms with Gasteiger partial charge in [-0.1, -0.05) is 42.5 Å². The molecule has 0 saturated heterocycles. The number of aliphatic hydroxyl groups is 1. The maximum atomic E-state index is 10.1. The lowest BCUT2D eigenvalue weighted by Crippen LogP contribution is -2.25. The van der Waals surface area contributed by atoms with Crippen LogP contribution in [0, 0.1) is 6.92 Å². The molecule has 1 heterocycles. The molecule has 0 radical (unpaired) electrons. The average Bonchev–Trinajstić information content (AvgIpc) is 3.02. The van der Waals surface area contributed by atoms with E-state index in [0.717, 1.165) is 16.9 Å². The van der Waals surface area contributed by atoms with E-state index in [1.54, 1.807) is 0 Å². The van der Waals surface area contributed by atoms with Crippen molar-refractivity contribution in [3.8, 4) is 17.1 Å². The minimum absolute atomic E-state index is 0.172. The van der Waals surface area contributed by atoms with E-state index in [1.807, 2.05) is 61.5 Å². The molecule has 3 aromatic rings. The molecule has 0 fully saturated rings. The van der Waals surface area contributed by atoms with E-state index >= 15 is 0 Å². The van der Waals surface area contributed by atoms with E-state index < -0.39 is 6.10 Å². The van der Waals surface area contributed by atoms with E-state index in [1.165, 1.54) is 4.80 Å². The summed E-state index contributed by atoms with van der Waals surface area (Å²) in [5.74, 6) is 1.28. The predicted molar refractivity (Wildman–Crippen MR) is 85.9 cm³/mol. The Balaban J connectivity index is 1.56. The lowest BCUT2D eigenvalue weighted by atomic mass is 10.2. The molecule has 0 aliphatic heterocycles. The van der Waals surface area contributed by atoms with Crippen molar-refractivity contribution in [1.29, 1.82) is 0 Å². The van der Waals surface area contributed by atoms with Gasteiger partial charge in [0.15, 0.2) is 0 Å². The average molecular weight is 310 g/mol. The fourth-order valence-corrected chi connectivity index (χ4v) is 2.16. The van der Waals surface area contributed by atoms with Crippen molar-refractivity contribution >= 4 is 0 Å². The first-order valence-electron chi connectivity index (χ1n) is 7.41. The molecule has 6 nitrogen and oxygen atoms in total. The number of hydrogen-bond donors (Lipinski definition) is 1. The lowest BCUT2D eigenvalue weighted by molar-refractivity contribution is 0.0849. The summed E-state index contributed by atoms with van der Waals surface area (Å²) >= 11 is 0. The molecule has 1 unspecified atom stereocenters. The molecular weight excluding hydrogens is 292 g/mol. The highest BCUT2D eigenvalue weighted by molar-refractivity contribution is 5.52. The molecule has 3 rings (SSSR count). The van der Waals surface area contributed by atoms with Gasteiger partial charge in [0, 0.05) is 5.56 Å². The second kappa shape index (κ2) is 7.02. The van der Waals surface area contributed by atoms with Gasteiger partial charge < -0.3 is 9.84 Å². The van der Waals surface area contributed by atoms with Gasteiger partial charge in [0.05, 0.1) is 6.54 Å². The largest absolute Gasteiger partial charge is 0.491 e. The quantitative estimate of drug-likeness (QED) is 0.754. The van der Waals surface area contributed by atoms with Gasteiger partial charge >= 0.3 is 0 Å². The van der Waals surface area contributed by atoms with Gasteiger partial charge in [-0.05, 0) is 29.8 Å². The SMILES string of the molecule is Cc1cccc(OCC(O)Cn2nnc(-c3ccccc3)n2)c1. The molecule has 1 aromatic heterocycles. The second-order valence-electron chi connectivity index (χ2n) is 5.32. The maximum Gasteiger partial charge on any atom is 0.204 e. The molecule has 0 bridgehead atoms. The van der Waals surface area contributed by atoms with Crippen LogP contribution in [0.25, 0.3) is 11.4 Å². The Morgan fingerprint density at radius 1 is 1.13 bits per heavy atom. The van der Waals surface area contributed by atoms with Crippen molar-refractivity contribution in [2.45, 2.75) is 19.6 Å². The van der Waals surface area contributed by atoms with Gasteiger partial charge in [-0.3, -0.25) is 0 Å². The van der Waals surface area contributed by atoms with Gasteiger partial charge in [0.1, 0.15) is 18.5 Å². The summed E-state index contributed by atoms with van der Waals surface area (Å²) in [6.07, 6.45) is -0.715. The van der Waals surface area contributed by atoms with Crippen LogP contribution in [0.1, 0.15) is 5.56 Å². The first-order chi connectivity index (χ1) is 11.2. The van der Waals surface area contributed by atoms with Gasteiger partial charge in [-0.2, -0.15) is 4.80 Å². The number of rotatable bonds is 6. The molecule has 6 heteroatoms. The first-order valence-corrected chi connectivity index (χ1v) is 7.41. The highest BCUT2D eigenvalue weighted by atomic mass is 16.5. The van der Waals surface area contributed by atoms with Crippen molar-refractivity contribution in [1.82, 2.24) is 20.2 Å². The molecule has 0 spiro atoms. The lowest BCUT2D eigenvalue weighted by Gasteiger charge is -2.11. The summed E-state index contributed by atoms with van der Waals surface area (Å²) in [6, 6.07) is 17.3. The number of benzene rings is 2.